The zero-order chi connectivity index (χ0) is 18.7. The first-order valence-corrected chi connectivity index (χ1v) is 9.48. The highest BCUT2D eigenvalue weighted by Crippen LogP contribution is 2.39. The quantitative estimate of drug-likeness (QED) is 0.349. The van der Waals surface area contributed by atoms with Crippen molar-refractivity contribution in [2.75, 3.05) is 0 Å². The number of aromatic nitrogens is 1. The highest BCUT2D eigenvalue weighted by Gasteiger charge is 2.21. The van der Waals surface area contributed by atoms with Gasteiger partial charge in [0.25, 0.3) is 0 Å². The Balaban J connectivity index is 1.66. The number of benzene rings is 3. The lowest BCUT2D eigenvalue weighted by atomic mass is 9.99. The van der Waals surface area contributed by atoms with Crippen LogP contribution in [0.2, 0.25) is 0 Å². The molecule has 0 saturated carbocycles. The van der Waals surface area contributed by atoms with Crippen molar-refractivity contribution in [3.8, 4) is 6.07 Å². The maximum Gasteiger partial charge on any atom is 0.135 e. The summed E-state index contributed by atoms with van der Waals surface area (Å²) in [5, 5.41) is 12.8. The lowest BCUT2D eigenvalue weighted by Crippen LogP contribution is -2.03. The van der Waals surface area contributed by atoms with E-state index in [0.29, 0.717) is 5.56 Å². The minimum atomic E-state index is 0.661. The Labute approximate surface area is 161 Å². The highest BCUT2D eigenvalue weighted by molar-refractivity contribution is 6.11. The number of rotatable bonds is 1. The van der Waals surface area contributed by atoms with Gasteiger partial charge in [-0.15, -0.1) is 0 Å². The predicted octanol–water partition coefficient (Wildman–Crippen LogP) is 6.36. The number of para-hydroxylation sites is 2. The molecule has 0 fully saturated rings. The van der Waals surface area contributed by atoms with Crippen molar-refractivity contribution in [1.29, 1.82) is 5.26 Å². The summed E-state index contributed by atoms with van der Waals surface area (Å²) in [5.74, 6) is 1.01. The topological polar surface area (TPSA) is 41.9 Å². The van der Waals surface area contributed by atoms with Crippen molar-refractivity contribution in [2.45, 2.75) is 12.8 Å². The van der Waals surface area contributed by atoms with Crippen LogP contribution in [0, 0.1) is 11.3 Å². The van der Waals surface area contributed by atoms with Crippen LogP contribution in [0.4, 0.5) is 0 Å². The molecule has 0 aliphatic heterocycles. The summed E-state index contributed by atoms with van der Waals surface area (Å²) in [6.45, 7) is 0. The molecular formula is C25H16N2O. The van der Waals surface area contributed by atoms with Gasteiger partial charge >= 0.3 is 0 Å². The van der Waals surface area contributed by atoms with Crippen LogP contribution >= 0.6 is 0 Å². The van der Waals surface area contributed by atoms with Crippen molar-refractivity contribution < 1.29 is 4.42 Å². The number of hydrogen-bond donors (Lipinski definition) is 0. The largest absolute Gasteiger partial charge is 0.460 e. The molecule has 0 amide bonds. The van der Waals surface area contributed by atoms with Crippen LogP contribution < -0.4 is 0 Å². The van der Waals surface area contributed by atoms with Gasteiger partial charge in [0.2, 0.25) is 0 Å². The first-order valence-electron chi connectivity index (χ1n) is 9.48. The van der Waals surface area contributed by atoms with E-state index in [1.807, 2.05) is 18.2 Å². The predicted molar refractivity (Wildman–Crippen MR) is 113 cm³/mol. The van der Waals surface area contributed by atoms with E-state index in [0.717, 1.165) is 35.1 Å². The Morgan fingerprint density at radius 1 is 0.821 bits per heavy atom. The number of furan rings is 1. The van der Waals surface area contributed by atoms with Crippen molar-refractivity contribution >= 4 is 44.5 Å². The van der Waals surface area contributed by atoms with Crippen LogP contribution in [0.5, 0.6) is 0 Å². The van der Waals surface area contributed by atoms with Crippen LogP contribution in [0.25, 0.3) is 44.5 Å². The number of aryl methyl sites for hydroxylation is 1. The van der Waals surface area contributed by atoms with E-state index in [1.165, 1.54) is 27.5 Å². The molecular weight excluding hydrogens is 344 g/mol. The second-order valence-electron chi connectivity index (χ2n) is 7.27. The van der Waals surface area contributed by atoms with Gasteiger partial charge in [-0.25, -0.2) is 0 Å². The fraction of sp³-hybridized carbons (Fsp3) is 0.0800. The van der Waals surface area contributed by atoms with Gasteiger partial charge < -0.3 is 8.98 Å². The van der Waals surface area contributed by atoms with Gasteiger partial charge in [0, 0.05) is 33.8 Å². The molecule has 5 aromatic rings. The molecule has 3 heteroatoms. The molecule has 0 saturated heterocycles. The van der Waals surface area contributed by atoms with Crippen LogP contribution in [0.1, 0.15) is 23.3 Å². The summed E-state index contributed by atoms with van der Waals surface area (Å²) >= 11 is 0. The van der Waals surface area contributed by atoms with Crippen molar-refractivity contribution in [1.82, 2.24) is 4.57 Å². The molecule has 3 aromatic carbocycles. The summed E-state index contributed by atoms with van der Waals surface area (Å²) in [4.78, 5) is 0. The van der Waals surface area contributed by atoms with Crippen LogP contribution in [-0.2, 0) is 6.42 Å². The van der Waals surface area contributed by atoms with Crippen molar-refractivity contribution in [3.63, 3.8) is 0 Å². The molecule has 6 rings (SSSR count). The molecule has 0 radical (unpaired) electrons. The standard InChI is InChI=1S/C25H16N2O/c26-15-16-9-11-24-20(13-16)21-14-17(10-12-25(21)28-24)27-22-7-3-1-5-18(22)19-6-2-4-8-23(19)27/h1-9,11,13-14H,10,12H2. The fourth-order valence-electron chi connectivity index (χ4n) is 4.47. The molecule has 1 aliphatic carbocycles. The van der Waals surface area contributed by atoms with E-state index in [4.69, 9.17) is 4.42 Å². The Morgan fingerprint density at radius 2 is 1.54 bits per heavy atom. The van der Waals surface area contributed by atoms with E-state index in [1.54, 1.807) is 0 Å². The van der Waals surface area contributed by atoms with E-state index in [2.05, 4.69) is 65.2 Å². The van der Waals surface area contributed by atoms with Gasteiger partial charge in [-0.05, 0) is 42.8 Å². The second-order valence-corrected chi connectivity index (χ2v) is 7.27. The van der Waals surface area contributed by atoms with E-state index in [9.17, 15) is 5.26 Å². The molecule has 3 nitrogen and oxygen atoms in total. The summed E-state index contributed by atoms with van der Waals surface area (Å²) < 4.78 is 8.44. The molecule has 0 unspecified atom stereocenters. The van der Waals surface area contributed by atoms with E-state index in [-0.39, 0.29) is 0 Å². The monoisotopic (exact) mass is 360 g/mol. The van der Waals surface area contributed by atoms with Crippen molar-refractivity contribution in [2.24, 2.45) is 0 Å². The Hall–Kier alpha value is -3.77. The molecule has 2 aromatic heterocycles. The normalized spacial score (nSPS) is 13.6. The Kier molecular flexibility index (Phi) is 3.07. The number of hydrogen-bond acceptors (Lipinski definition) is 2. The maximum absolute atomic E-state index is 9.28. The van der Waals surface area contributed by atoms with Crippen molar-refractivity contribution in [3.05, 3.63) is 83.6 Å². The molecule has 0 bridgehead atoms. The van der Waals surface area contributed by atoms with Crippen LogP contribution in [0.3, 0.4) is 0 Å². The molecule has 0 spiro atoms. The molecule has 132 valence electrons. The first kappa shape index (κ1) is 15.3. The minimum absolute atomic E-state index is 0.661. The average Bonchev–Trinajstić information content (AvgIpc) is 3.28. The lowest BCUT2D eigenvalue weighted by Gasteiger charge is -2.16. The Morgan fingerprint density at radius 3 is 2.25 bits per heavy atom. The number of nitrogens with zero attached hydrogens (tertiary/aromatic N) is 2. The van der Waals surface area contributed by atoms with E-state index >= 15 is 0 Å². The number of allylic oxidation sites excluding steroid dienone is 1. The summed E-state index contributed by atoms with van der Waals surface area (Å²) in [6, 6.07) is 25.0. The second kappa shape index (κ2) is 5.61. The van der Waals surface area contributed by atoms with Gasteiger partial charge in [0.05, 0.1) is 22.7 Å². The zero-order valence-corrected chi connectivity index (χ0v) is 15.1. The van der Waals surface area contributed by atoms with Gasteiger partial charge in [0.1, 0.15) is 11.3 Å². The zero-order valence-electron chi connectivity index (χ0n) is 15.1. The third kappa shape index (κ3) is 2.03. The molecule has 0 atom stereocenters. The summed E-state index contributed by atoms with van der Waals surface area (Å²) in [7, 11) is 0. The number of nitriles is 1. The summed E-state index contributed by atoms with van der Waals surface area (Å²) in [6.07, 6.45) is 4.02. The molecule has 0 N–H and O–H groups in total. The smallest absolute Gasteiger partial charge is 0.135 e. The molecule has 28 heavy (non-hydrogen) atoms. The van der Waals surface area contributed by atoms with Gasteiger partial charge in [-0.3, -0.25) is 0 Å². The highest BCUT2D eigenvalue weighted by atomic mass is 16.3. The van der Waals surface area contributed by atoms with Gasteiger partial charge in [0.15, 0.2) is 0 Å². The van der Waals surface area contributed by atoms with E-state index < -0.39 is 0 Å². The minimum Gasteiger partial charge on any atom is -0.460 e. The van der Waals surface area contributed by atoms with Crippen LogP contribution in [0.15, 0.2) is 71.1 Å². The Bertz CT molecular complexity index is 1420. The molecule has 1 aliphatic rings. The third-order valence-corrected chi connectivity index (χ3v) is 5.72. The van der Waals surface area contributed by atoms with Gasteiger partial charge in [-0.1, -0.05) is 36.4 Å². The number of fused-ring (bicyclic) bond motifs is 6. The summed E-state index contributed by atoms with van der Waals surface area (Å²) in [5.41, 5.74) is 6.33. The SMILES string of the molecule is N#Cc1ccc2oc3c(c2c1)C=C(n1c2ccccc2c2ccccc21)CC3. The fourth-order valence-corrected chi connectivity index (χ4v) is 4.47. The molecule has 2 heterocycles. The first-order chi connectivity index (χ1) is 13.8. The third-order valence-electron chi connectivity index (χ3n) is 5.72. The maximum atomic E-state index is 9.28. The van der Waals surface area contributed by atoms with Gasteiger partial charge in [-0.2, -0.15) is 5.26 Å². The average molecular weight is 360 g/mol. The lowest BCUT2D eigenvalue weighted by molar-refractivity contribution is 0.546. The van der Waals surface area contributed by atoms with Crippen LogP contribution in [-0.4, -0.2) is 4.57 Å².